The number of ether oxygens (including phenoxy) is 1. The van der Waals surface area contributed by atoms with Crippen molar-refractivity contribution in [3.05, 3.63) is 48.3 Å². The summed E-state index contributed by atoms with van der Waals surface area (Å²) in [5.41, 5.74) is 1.96. The molecular weight excluding hydrogens is 292 g/mol. The third-order valence-electron chi connectivity index (χ3n) is 3.88. The van der Waals surface area contributed by atoms with E-state index in [2.05, 4.69) is 15.7 Å². The first-order valence-corrected chi connectivity index (χ1v) is 7.99. The van der Waals surface area contributed by atoms with Gasteiger partial charge in [0, 0.05) is 18.3 Å². The van der Waals surface area contributed by atoms with E-state index in [1.807, 2.05) is 36.5 Å². The zero-order valence-corrected chi connectivity index (χ0v) is 13.1. The van der Waals surface area contributed by atoms with Gasteiger partial charge < -0.3 is 15.4 Å². The summed E-state index contributed by atoms with van der Waals surface area (Å²) in [5.74, 6) is -0.0870. The average molecular weight is 314 g/mol. The van der Waals surface area contributed by atoms with E-state index in [9.17, 15) is 4.79 Å². The number of piperidine rings is 1. The van der Waals surface area contributed by atoms with Gasteiger partial charge in [-0.25, -0.2) is 4.68 Å². The summed E-state index contributed by atoms with van der Waals surface area (Å²) in [6, 6.07) is 9.88. The fourth-order valence-electron chi connectivity index (χ4n) is 2.58. The van der Waals surface area contributed by atoms with E-state index in [-0.39, 0.29) is 18.6 Å². The number of rotatable bonds is 6. The van der Waals surface area contributed by atoms with Crippen LogP contribution in [0.2, 0.25) is 0 Å². The van der Waals surface area contributed by atoms with Gasteiger partial charge in [-0.3, -0.25) is 4.79 Å². The minimum atomic E-state index is -0.0870. The molecule has 1 fully saturated rings. The fourth-order valence-corrected chi connectivity index (χ4v) is 2.58. The number of nitrogens with one attached hydrogen (secondary N) is 2. The maximum absolute atomic E-state index is 11.9. The first-order valence-electron chi connectivity index (χ1n) is 7.99. The molecule has 0 bridgehead atoms. The molecule has 23 heavy (non-hydrogen) atoms. The Morgan fingerprint density at radius 3 is 2.87 bits per heavy atom. The Morgan fingerprint density at radius 1 is 1.30 bits per heavy atom. The van der Waals surface area contributed by atoms with E-state index in [1.54, 1.807) is 10.9 Å². The number of amides is 1. The summed E-state index contributed by atoms with van der Waals surface area (Å²) in [6.45, 7) is 2.51. The van der Waals surface area contributed by atoms with Gasteiger partial charge in [-0.15, -0.1) is 0 Å². The lowest BCUT2D eigenvalue weighted by atomic mass is 10.1. The van der Waals surface area contributed by atoms with Gasteiger partial charge in [0.2, 0.25) is 5.91 Å². The summed E-state index contributed by atoms with van der Waals surface area (Å²) in [4.78, 5) is 11.9. The zero-order valence-electron chi connectivity index (χ0n) is 13.1. The van der Waals surface area contributed by atoms with Crippen molar-refractivity contribution in [2.75, 3.05) is 19.7 Å². The summed E-state index contributed by atoms with van der Waals surface area (Å²) < 4.78 is 7.43. The number of carbonyl (C=O) groups is 1. The molecule has 2 N–H and O–H groups in total. The molecule has 0 atom stereocenters. The normalized spacial score (nSPS) is 15.5. The number of carbonyl (C=O) groups excluding carboxylic acids is 1. The Bertz CT molecular complexity index is 621. The Labute approximate surface area is 135 Å². The molecule has 2 heterocycles. The zero-order chi connectivity index (χ0) is 15.9. The van der Waals surface area contributed by atoms with Crippen LogP contribution in [0.1, 0.15) is 18.4 Å². The first kappa shape index (κ1) is 15.7. The molecule has 6 heteroatoms. The number of hydrogen-bond acceptors (Lipinski definition) is 4. The van der Waals surface area contributed by atoms with Gasteiger partial charge in [0.25, 0.3) is 0 Å². The van der Waals surface area contributed by atoms with E-state index >= 15 is 0 Å². The van der Waals surface area contributed by atoms with E-state index in [1.165, 1.54) is 0 Å². The van der Waals surface area contributed by atoms with Crippen molar-refractivity contribution >= 4 is 5.91 Å². The Kier molecular flexibility index (Phi) is 5.39. The van der Waals surface area contributed by atoms with Gasteiger partial charge >= 0.3 is 0 Å². The van der Waals surface area contributed by atoms with Crippen LogP contribution in [0.5, 0.6) is 0 Å². The molecule has 3 rings (SSSR count). The molecule has 0 radical (unpaired) electrons. The lowest BCUT2D eigenvalue weighted by Crippen LogP contribution is -2.35. The van der Waals surface area contributed by atoms with Crippen LogP contribution in [-0.4, -0.2) is 41.5 Å². The van der Waals surface area contributed by atoms with Crippen LogP contribution in [0.25, 0.3) is 5.69 Å². The number of benzene rings is 1. The molecule has 0 spiro atoms. The molecule has 0 aliphatic carbocycles. The highest BCUT2D eigenvalue weighted by molar-refractivity contribution is 5.77. The maximum atomic E-state index is 11.9. The van der Waals surface area contributed by atoms with Crippen molar-refractivity contribution in [3.8, 4) is 5.69 Å². The molecular formula is C17H22N4O2. The predicted octanol–water partition coefficient (Wildman–Crippen LogP) is 1.26. The van der Waals surface area contributed by atoms with E-state index in [0.717, 1.165) is 37.2 Å². The van der Waals surface area contributed by atoms with Crippen LogP contribution in [0, 0.1) is 0 Å². The third kappa shape index (κ3) is 4.64. The molecule has 0 unspecified atom stereocenters. The third-order valence-corrected chi connectivity index (χ3v) is 3.88. The predicted molar refractivity (Wildman–Crippen MR) is 87.3 cm³/mol. The summed E-state index contributed by atoms with van der Waals surface area (Å²) in [6.07, 6.45) is 5.82. The highest BCUT2D eigenvalue weighted by atomic mass is 16.5. The fraction of sp³-hybridized carbons (Fsp3) is 0.412. The molecule has 122 valence electrons. The van der Waals surface area contributed by atoms with Crippen molar-refractivity contribution in [2.24, 2.45) is 0 Å². The average Bonchev–Trinajstić information content (AvgIpc) is 3.09. The smallest absolute Gasteiger partial charge is 0.246 e. The van der Waals surface area contributed by atoms with E-state index in [4.69, 9.17) is 4.74 Å². The maximum Gasteiger partial charge on any atom is 0.246 e. The molecule has 1 aromatic carbocycles. The van der Waals surface area contributed by atoms with Crippen molar-refractivity contribution in [2.45, 2.75) is 25.5 Å². The molecule has 0 saturated carbocycles. The van der Waals surface area contributed by atoms with Crippen LogP contribution < -0.4 is 10.6 Å². The topological polar surface area (TPSA) is 68.2 Å². The Morgan fingerprint density at radius 2 is 2.09 bits per heavy atom. The lowest BCUT2D eigenvalue weighted by molar-refractivity contribution is -0.128. The van der Waals surface area contributed by atoms with E-state index in [0.29, 0.717) is 6.54 Å². The molecule has 2 aromatic rings. The summed E-state index contributed by atoms with van der Waals surface area (Å²) in [7, 11) is 0. The standard InChI is InChI=1S/C17H22N4O2/c22-17(13-23-16-6-8-18-9-7-16)19-10-14-11-20-21(12-14)15-4-2-1-3-5-15/h1-5,11-12,16,18H,6-10,13H2,(H,19,22). The molecule has 1 aromatic heterocycles. The quantitative estimate of drug-likeness (QED) is 0.842. The van der Waals surface area contributed by atoms with E-state index < -0.39 is 0 Å². The second-order valence-electron chi connectivity index (χ2n) is 5.67. The highest BCUT2D eigenvalue weighted by Crippen LogP contribution is 2.08. The van der Waals surface area contributed by atoms with Crippen LogP contribution in [0.4, 0.5) is 0 Å². The van der Waals surface area contributed by atoms with Crippen LogP contribution in [-0.2, 0) is 16.1 Å². The molecule has 1 aliphatic rings. The molecule has 1 saturated heterocycles. The molecule has 1 aliphatic heterocycles. The van der Waals surface area contributed by atoms with Crippen molar-refractivity contribution in [1.29, 1.82) is 0 Å². The minimum Gasteiger partial charge on any atom is -0.368 e. The largest absolute Gasteiger partial charge is 0.368 e. The van der Waals surface area contributed by atoms with Crippen LogP contribution >= 0.6 is 0 Å². The summed E-state index contributed by atoms with van der Waals surface area (Å²) >= 11 is 0. The van der Waals surface area contributed by atoms with Gasteiger partial charge in [0.05, 0.1) is 18.0 Å². The van der Waals surface area contributed by atoms with Gasteiger partial charge in [-0.1, -0.05) is 18.2 Å². The SMILES string of the molecule is O=C(COC1CCNCC1)NCc1cnn(-c2ccccc2)c1. The second kappa shape index (κ2) is 7.89. The van der Waals surface area contributed by atoms with Gasteiger partial charge in [0.1, 0.15) is 6.61 Å². The van der Waals surface area contributed by atoms with Crippen LogP contribution in [0.3, 0.4) is 0 Å². The van der Waals surface area contributed by atoms with Crippen molar-refractivity contribution in [1.82, 2.24) is 20.4 Å². The minimum absolute atomic E-state index is 0.0870. The van der Waals surface area contributed by atoms with Gasteiger partial charge in [-0.05, 0) is 38.1 Å². The Balaban J connectivity index is 1.43. The summed E-state index contributed by atoms with van der Waals surface area (Å²) in [5, 5.41) is 10.5. The van der Waals surface area contributed by atoms with Gasteiger partial charge in [-0.2, -0.15) is 5.10 Å². The number of para-hydroxylation sites is 1. The number of hydrogen-bond donors (Lipinski definition) is 2. The lowest BCUT2D eigenvalue weighted by Gasteiger charge is -2.22. The van der Waals surface area contributed by atoms with Crippen molar-refractivity contribution in [3.63, 3.8) is 0 Å². The monoisotopic (exact) mass is 314 g/mol. The first-order chi connectivity index (χ1) is 11.3. The Hall–Kier alpha value is -2.18. The molecule has 6 nitrogen and oxygen atoms in total. The second-order valence-corrected chi connectivity index (χ2v) is 5.67. The van der Waals surface area contributed by atoms with Crippen LogP contribution in [0.15, 0.2) is 42.7 Å². The number of nitrogens with zero attached hydrogens (tertiary/aromatic N) is 2. The number of aromatic nitrogens is 2. The van der Waals surface area contributed by atoms with Crippen molar-refractivity contribution < 1.29 is 9.53 Å². The van der Waals surface area contributed by atoms with Gasteiger partial charge in [0.15, 0.2) is 0 Å². The highest BCUT2D eigenvalue weighted by Gasteiger charge is 2.14. The molecule has 1 amide bonds.